The molecule has 0 amide bonds. The van der Waals surface area contributed by atoms with Gasteiger partial charge in [0.15, 0.2) is 0 Å². The van der Waals surface area contributed by atoms with Crippen LogP contribution in [-0.2, 0) is 13.6 Å². The monoisotopic (exact) mass is 275 g/mol. The Kier molecular flexibility index (Phi) is 5.83. The van der Waals surface area contributed by atoms with Gasteiger partial charge in [-0.3, -0.25) is 9.58 Å². The molecule has 1 aromatic heterocycles. The number of hydrogen-bond donors (Lipinski definition) is 0. The van der Waals surface area contributed by atoms with Gasteiger partial charge in [0.2, 0.25) is 0 Å². The molecule has 1 atom stereocenters. The Hall–Kier alpha value is -0.190. The second kappa shape index (κ2) is 6.66. The minimum atomic E-state index is 0.568. The molecule has 0 spiro atoms. The fourth-order valence-electron chi connectivity index (χ4n) is 1.77. The van der Waals surface area contributed by atoms with E-state index in [1.54, 1.807) is 4.68 Å². The fraction of sp³-hybridized carbons (Fsp3) is 0.750. The molecule has 0 radical (unpaired) electrons. The van der Waals surface area contributed by atoms with Gasteiger partial charge < -0.3 is 0 Å². The molecule has 1 aromatic rings. The van der Waals surface area contributed by atoms with Crippen LogP contribution in [0, 0.1) is 6.92 Å². The van der Waals surface area contributed by atoms with Crippen LogP contribution in [0.2, 0.25) is 5.15 Å². The zero-order valence-electron chi connectivity index (χ0n) is 11.3. The highest BCUT2D eigenvalue weighted by Gasteiger charge is 2.16. The first-order valence-corrected chi connectivity index (χ1v) is 7.61. The molecule has 0 aliphatic heterocycles. The predicted molar refractivity (Wildman–Crippen MR) is 76.9 cm³/mol. The van der Waals surface area contributed by atoms with Crippen molar-refractivity contribution in [1.29, 1.82) is 0 Å². The van der Waals surface area contributed by atoms with Gasteiger partial charge in [-0.2, -0.15) is 16.9 Å². The smallest absolute Gasteiger partial charge is 0.131 e. The largest absolute Gasteiger partial charge is 0.299 e. The molecule has 0 aromatic carbocycles. The lowest BCUT2D eigenvalue weighted by Crippen LogP contribution is -2.29. The van der Waals surface area contributed by atoms with Crippen LogP contribution in [0.5, 0.6) is 0 Å². The highest BCUT2D eigenvalue weighted by atomic mass is 35.5. The van der Waals surface area contributed by atoms with Gasteiger partial charge in [-0.05, 0) is 39.3 Å². The molecule has 98 valence electrons. The third kappa shape index (κ3) is 3.90. The zero-order valence-corrected chi connectivity index (χ0v) is 12.9. The standard InChI is InChI=1S/C12H22ClN3S/c1-9(6-7-17-5)15(3)8-11-10(2)14-16(4)12(11)13/h9H,6-8H2,1-5H3. The van der Waals surface area contributed by atoms with Gasteiger partial charge in [0.05, 0.1) is 5.69 Å². The molecule has 5 heteroatoms. The Morgan fingerprint density at radius 2 is 2.18 bits per heavy atom. The van der Waals surface area contributed by atoms with Crippen LogP contribution in [-0.4, -0.2) is 39.8 Å². The summed E-state index contributed by atoms with van der Waals surface area (Å²) in [5.74, 6) is 1.20. The number of rotatable bonds is 6. The summed E-state index contributed by atoms with van der Waals surface area (Å²) in [5, 5.41) is 5.10. The topological polar surface area (TPSA) is 21.1 Å². The summed E-state index contributed by atoms with van der Waals surface area (Å²) in [6, 6.07) is 0.568. The Labute approximate surface area is 114 Å². The van der Waals surface area contributed by atoms with E-state index in [1.807, 2.05) is 25.7 Å². The first-order valence-electron chi connectivity index (χ1n) is 5.84. The molecular weight excluding hydrogens is 254 g/mol. The van der Waals surface area contributed by atoms with Crippen molar-refractivity contribution in [2.24, 2.45) is 7.05 Å². The van der Waals surface area contributed by atoms with Crippen molar-refractivity contribution in [3.05, 3.63) is 16.4 Å². The van der Waals surface area contributed by atoms with Crippen molar-refractivity contribution in [3.63, 3.8) is 0 Å². The maximum atomic E-state index is 6.24. The average molecular weight is 276 g/mol. The molecule has 0 fully saturated rings. The number of aromatic nitrogens is 2. The Morgan fingerprint density at radius 3 is 2.65 bits per heavy atom. The summed E-state index contributed by atoms with van der Waals surface area (Å²) in [6.07, 6.45) is 3.35. The lowest BCUT2D eigenvalue weighted by molar-refractivity contribution is 0.244. The van der Waals surface area contributed by atoms with Crippen molar-refractivity contribution in [2.45, 2.75) is 32.9 Å². The van der Waals surface area contributed by atoms with Gasteiger partial charge in [-0.25, -0.2) is 0 Å². The SMILES string of the molecule is CSCCC(C)N(C)Cc1c(C)nn(C)c1Cl. The van der Waals surface area contributed by atoms with Crippen LogP contribution in [0.15, 0.2) is 0 Å². The average Bonchev–Trinajstić information content (AvgIpc) is 2.52. The summed E-state index contributed by atoms with van der Waals surface area (Å²) in [7, 11) is 4.03. The van der Waals surface area contributed by atoms with Gasteiger partial charge in [0, 0.05) is 25.2 Å². The third-order valence-corrected chi connectivity index (χ3v) is 4.29. The first-order chi connectivity index (χ1) is 7.97. The fourth-order valence-corrected chi connectivity index (χ4v) is 2.58. The van der Waals surface area contributed by atoms with Crippen molar-refractivity contribution in [1.82, 2.24) is 14.7 Å². The van der Waals surface area contributed by atoms with Gasteiger partial charge in [0.1, 0.15) is 5.15 Å². The van der Waals surface area contributed by atoms with Crippen LogP contribution in [0.4, 0.5) is 0 Å². The predicted octanol–water partition coefficient (Wildman–Crippen LogP) is 2.96. The first kappa shape index (κ1) is 14.9. The minimum absolute atomic E-state index is 0.568. The molecule has 17 heavy (non-hydrogen) atoms. The van der Waals surface area contributed by atoms with Crippen molar-refractivity contribution >= 4 is 23.4 Å². The molecule has 0 saturated heterocycles. The summed E-state index contributed by atoms with van der Waals surface area (Å²) in [5.41, 5.74) is 2.18. The van der Waals surface area contributed by atoms with Crippen LogP contribution in [0.3, 0.4) is 0 Å². The van der Waals surface area contributed by atoms with Gasteiger partial charge in [-0.1, -0.05) is 11.6 Å². The van der Waals surface area contributed by atoms with E-state index >= 15 is 0 Å². The molecule has 0 aliphatic carbocycles. The van der Waals surface area contributed by atoms with Gasteiger partial charge in [0.25, 0.3) is 0 Å². The summed E-state index contributed by atoms with van der Waals surface area (Å²) < 4.78 is 1.74. The van der Waals surface area contributed by atoms with Crippen LogP contribution in [0.25, 0.3) is 0 Å². The Morgan fingerprint density at radius 1 is 1.53 bits per heavy atom. The number of halogens is 1. The maximum Gasteiger partial charge on any atom is 0.131 e. The number of thioether (sulfide) groups is 1. The molecule has 0 saturated carbocycles. The summed E-state index contributed by atoms with van der Waals surface area (Å²) in [6.45, 7) is 5.14. The zero-order chi connectivity index (χ0) is 13.0. The van der Waals surface area contributed by atoms with Crippen LogP contribution < -0.4 is 0 Å². The van der Waals surface area contributed by atoms with E-state index in [1.165, 1.54) is 12.2 Å². The molecule has 1 heterocycles. The molecule has 0 N–H and O–H groups in total. The van der Waals surface area contributed by atoms with E-state index in [9.17, 15) is 0 Å². The van der Waals surface area contributed by atoms with E-state index in [0.29, 0.717) is 6.04 Å². The normalized spacial score (nSPS) is 13.4. The molecule has 1 unspecified atom stereocenters. The lowest BCUT2D eigenvalue weighted by atomic mass is 10.2. The third-order valence-electron chi connectivity index (χ3n) is 3.17. The van der Waals surface area contributed by atoms with E-state index in [0.717, 1.165) is 23.0 Å². The molecular formula is C12H22ClN3S. The van der Waals surface area contributed by atoms with Crippen molar-refractivity contribution in [3.8, 4) is 0 Å². The molecule has 3 nitrogen and oxygen atoms in total. The van der Waals surface area contributed by atoms with Crippen molar-refractivity contribution in [2.75, 3.05) is 19.1 Å². The number of hydrogen-bond acceptors (Lipinski definition) is 3. The Bertz CT molecular complexity index is 365. The molecule has 0 bridgehead atoms. The summed E-state index contributed by atoms with van der Waals surface area (Å²) >= 11 is 8.13. The summed E-state index contributed by atoms with van der Waals surface area (Å²) in [4.78, 5) is 2.34. The second-order valence-corrected chi connectivity index (χ2v) is 5.87. The quantitative estimate of drug-likeness (QED) is 0.797. The highest BCUT2D eigenvalue weighted by molar-refractivity contribution is 7.98. The number of nitrogens with zero attached hydrogens (tertiary/aromatic N) is 3. The van der Waals surface area contributed by atoms with E-state index < -0.39 is 0 Å². The second-order valence-electron chi connectivity index (χ2n) is 4.52. The minimum Gasteiger partial charge on any atom is -0.299 e. The van der Waals surface area contributed by atoms with E-state index in [4.69, 9.17) is 11.6 Å². The van der Waals surface area contributed by atoms with E-state index in [-0.39, 0.29) is 0 Å². The van der Waals surface area contributed by atoms with Crippen molar-refractivity contribution < 1.29 is 0 Å². The van der Waals surface area contributed by atoms with Crippen LogP contribution in [0.1, 0.15) is 24.6 Å². The molecule has 1 rings (SSSR count). The highest BCUT2D eigenvalue weighted by Crippen LogP contribution is 2.21. The Balaban J connectivity index is 2.64. The van der Waals surface area contributed by atoms with Gasteiger partial charge in [-0.15, -0.1) is 0 Å². The van der Waals surface area contributed by atoms with Crippen LogP contribution >= 0.6 is 23.4 Å². The lowest BCUT2D eigenvalue weighted by Gasteiger charge is -2.24. The maximum absolute atomic E-state index is 6.24. The van der Waals surface area contributed by atoms with Gasteiger partial charge >= 0.3 is 0 Å². The molecule has 0 aliphatic rings. The van der Waals surface area contributed by atoms with E-state index in [2.05, 4.69) is 30.2 Å². The number of aryl methyl sites for hydroxylation is 2.